The molecule has 1 aliphatic rings. The van der Waals surface area contributed by atoms with Crippen LogP contribution in [0, 0.1) is 10.1 Å². The van der Waals surface area contributed by atoms with Crippen LogP contribution in [0.3, 0.4) is 0 Å². The maximum Gasteiger partial charge on any atom is 0.319 e. The number of rotatable bonds is 6. The highest BCUT2D eigenvalue weighted by molar-refractivity contribution is 5.94. The lowest BCUT2D eigenvalue weighted by Crippen LogP contribution is -2.48. The second-order valence-electron chi connectivity index (χ2n) is 7.24. The zero-order chi connectivity index (χ0) is 21.5. The van der Waals surface area contributed by atoms with Crippen molar-refractivity contribution in [3.63, 3.8) is 0 Å². The summed E-state index contributed by atoms with van der Waals surface area (Å²) < 4.78 is 0. The van der Waals surface area contributed by atoms with Crippen molar-refractivity contribution in [3.05, 3.63) is 64.7 Å². The molecule has 0 spiro atoms. The fraction of sp³-hybridized carbons (Fsp3) is 0.333. The van der Waals surface area contributed by atoms with Gasteiger partial charge in [-0.1, -0.05) is 18.2 Å². The molecule has 2 aromatic rings. The maximum atomic E-state index is 12.6. The Morgan fingerprint density at radius 1 is 1.10 bits per heavy atom. The van der Waals surface area contributed by atoms with Crippen LogP contribution in [-0.4, -0.2) is 54.5 Å². The summed E-state index contributed by atoms with van der Waals surface area (Å²) >= 11 is 0. The Kier molecular flexibility index (Phi) is 6.97. The lowest BCUT2D eigenvalue weighted by atomic mass is 10.1. The summed E-state index contributed by atoms with van der Waals surface area (Å²) in [5, 5.41) is 16.5. The van der Waals surface area contributed by atoms with Gasteiger partial charge in [-0.25, -0.2) is 4.79 Å². The molecule has 3 rings (SSSR count). The van der Waals surface area contributed by atoms with Gasteiger partial charge in [0.2, 0.25) is 5.91 Å². The average Bonchev–Trinajstić information content (AvgIpc) is 2.75. The van der Waals surface area contributed by atoms with Crippen molar-refractivity contribution in [1.29, 1.82) is 0 Å². The summed E-state index contributed by atoms with van der Waals surface area (Å²) in [4.78, 5) is 38.5. The molecule has 0 bridgehead atoms. The summed E-state index contributed by atoms with van der Waals surface area (Å²) in [6.07, 6.45) is 1.52. The Bertz CT molecular complexity index is 880. The molecule has 30 heavy (non-hydrogen) atoms. The molecule has 2 N–H and O–H groups in total. The third-order valence-electron chi connectivity index (χ3n) is 5.14. The van der Waals surface area contributed by atoms with Crippen molar-refractivity contribution in [3.8, 4) is 0 Å². The number of para-hydroxylation sites is 1. The molecule has 158 valence electrons. The number of likely N-dealkylation sites (N-methyl/N-ethyl adjacent to an activating group) is 1. The zero-order valence-electron chi connectivity index (χ0n) is 16.8. The third kappa shape index (κ3) is 5.77. The van der Waals surface area contributed by atoms with E-state index in [9.17, 15) is 19.7 Å². The topological polar surface area (TPSA) is 108 Å². The van der Waals surface area contributed by atoms with Crippen LogP contribution in [0.15, 0.2) is 54.6 Å². The number of nitrogens with one attached hydrogen (secondary N) is 2. The van der Waals surface area contributed by atoms with E-state index in [1.807, 2.05) is 30.3 Å². The van der Waals surface area contributed by atoms with E-state index in [-0.39, 0.29) is 30.2 Å². The number of hydrogen-bond acceptors (Lipinski definition) is 5. The van der Waals surface area contributed by atoms with Crippen molar-refractivity contribution < 1.29 is 14.5 Å². The van der Waals surface area contributed by atoms with Gasteiger partial charge in [-0.3, -0.25) is 19.8 Å². The van der Waals surface area contributed by atoms with Gasteiger partial charge in [-0.2, -0.15) is 0 Å². The molecule has 0 saturated carbocycles. The van der Waals surface area contributed by atoms with Crippen LogP contribution in [0.1, 0.15) is 12.8 Å². The van der Waals surface area contributed by atoms with Crippen LogP contribution in [0.4, 0.5) is 21.9 Å². The smallest absolute Gasteiger partial charge is 0.319 e. The number of non-ortho nitro benzene ring substituents is 1. The number of benzene rings is 2. The number of hydrogen-bond donors (Lipinski definition) is 2. The standard InChI is InChI=1S/C21H25N5O4/c1-24(18-7-9-19(10-8-18)26(29)30)20(27)15-25-13-11-17(12-14-25)23-21(28)22-16-5-3-2-4-6-16/h2-10,17H,11-15H2,1H3,(H2,22,23,28). The number of amides is 3. The number of nitrogens with zero attached hydrogens (tertiary/aromatic N) is 3. The van der Waals surface area contributed by atoms with Gasteiger partial charge in [0.25, 0.3) is 5.69 Å². The lowest BCUT2D eigenvalue weighted by Gasteiger charge is -2.32. The van der Waals surface area contributed by atoms with Crippen LogP contribution < -0.4 is 15.5 Å². The van der Waals surface area contributed by atoms with Gasteiger partial charge >= 0.3 is 6.03 Å². The van der Waals surface area contributed by atoms with Crippen LogP contribution in [0.2, 0.25) is 0 Å². The summed E-state index contributed by atoms with van der Waals surface area (Å²) in [7, 11) is 1.66. The first-order valence-corrected chi connectivity index (χ1v) is 9.78. The van der Waals surface area contributed by atoms with Gasteiger partial charge in [0, 0.05) is 49.7 Å². The average molecular weight is 411 g/mol. The van der Waals surface area contributed by atoms with E-state index in [4.69, 9.17) is 0 Å². The maximum absolute atomic E-state index is 12.6. The number of carbonyl (C=O) groups excluding carboxylic acids is 2. The number of nitro groups is 1. The van der Waals surface area contributed by atoms with Gasteiger partial charge in [-0.15, -0.1) is 0 Å². The fourth-order valence-corrected chi connectivity index (χ4v) is 3.35. The lowest BCUT2D eigenvalue weighted by molar-refractivity contribution is -0.384. The molecule has 3 amide bonds. The molecular formula is C21H25N5O4. The molecule has 1 fully saturated rings. The normalized spacial score (nSPS) is 14.7. The molecule has 0 aromatic heterocycles. The number of nitro benzene ring substituents is 1. The molecule has 0 aliphatic carbocycles. The van der Waals surface area contributed by atoms with Crippen molar-refractivity contribution in [2.75, 3.05) is 36.9 Å². The zero-order valence-corrected chi connectivity index (χ0v) is 16.8. The highest BCUT2D eigenvalue weighted by Gasteiger charge is 2.23. The minimum atomic E-state index is -0.468. The Morgan fingerprint density at radius 2 is 1.73 bits per heavy atom. The first-order valence-electron chi connectivity index (χ1n) is 9.78. The molecule has 1 saturated heterocycles. The molecule has 0 unspecified atom stereocenters. The predicted octanol–water partition coefficient (Wildman–Crippen LogP) is 2.84. The largest absolute Gasteiger partial charge is 0.335 e. The highest BCUT2D eigenvalue weighted by Crippen LogP contribution is 2.19. The van der Waals surface area contributed by atoms with Crippen LogP contribution in [-0.2, 0) is 4.79 Å². The van der Waals surface area contributed by atoms with Crippen molar-refractivity contribution in [2.24, 2.45) is 0 Å². The van der Waals surface area contributed by atoms with E-state index >= 15 is 0 Å². The Balaban J connectivity index is 1.43. The molecule has 0 atom stereocenters. The Hall–Kier alpha value is -3.46. The van der Waals surface area contributed by atoms with Gasteiger partial charge in [-0.05, 0) is 37.1 Å². The van der Waals surface area contributed by atoms with Gasteiger partial charge in [0.1, 0.15) is 0 Å². The van der Waals surface area contributed by atoms with Crippen LogP contribution >= 0.6 is 0 Å². The fourth-order valence-electron chi connectivity index (χ4n) is 3.35. The number of urea groups is 1. The van der Waals surface area contributed by atoms with Crippen molar-refractivity contribution in [2.45, 2.75) is 18.9 Å². The van der Waals surface area contributed by atoms with Crippen LogP contribution in [0.5, 0.6) is 0 Å². The summed E-state index contributed by atoms with van der Waals surface area (Å²) in [5.74, 6) is -0.0860. The van der Waals surface area contributed by atoms with Crippen molar-refractivity contribution >= 4 is 29.0 Å². The van der Waals surface area contributed by atoms with Crippen LogP contribution in [0.25, 0.3) is 0 Å². The van der Waals surface area contributed by atoms with E-state index < -0.39 is 4.92 Å². The van der Waals surface area contributed by atoms with Gasteiger partial charge in [0.15, 0.2) is 0 Å². The number of carbonyl (C=O) groups is 2. The first-order chi connectivity index (χ1) is 14.4. The van der Waals surface area contributed by atoms with Gasteiger partial charge < -0.3 is 15.5 Å². The number of likely N-dealkylation sites (tertiary alicyclic amines) is 1. The molecular weight excluding hydrogens is 386 g/mol. The summed E-state index contributed by atoms with van der Waals surface area (Å²) in [5.41, 5.74) is 1.34. The summed E-state index contributed by atoms with van der Waals surface area (Å²) in [6.45, 7) is 1.67. The van der Waals surface area contributed by atoms with E-state index in [0.717, 1.165) is 18.5 Å². The molecule has 2 aromatic carbocycles. The first kappa shape index (κ1) is 21.3. The minimum absolute atomic E-state index is 0.00882. The molecule has 1 heterocycles. The third-order valence-corrected chi connectivity index (χ3v) is 5.14. The molecule has 0 radical (unpaired) electrons. The van der Waals surface area contributed by atoms with E-state index in [0.29, 0.717) is 18.8 Å². The SMILES string of the molecule is CN(C(=O)CN1CCC(NC(=O)Nc2ccccc2)CC1)c1ccc([N+](=O)[O-])cc1. The Morgan fingerprint density at radius 3 is 2.33 bits per heavy atom. The highest BCUT2D eigenvalue weighted by atomic mass is 16.6. The van der Waals surface area contributed by atoms with E-state index in [1.54, 1.807) is 19.2 Å². The van der Waals surface area contributed by atoms with Gasteiger partial charge in [0.05, 0.1) is 11.5 Å². The number of anilines is 2. The van der Waals surface area contributed by atoms with E-state index in [2.05, 4.69) is 15.5 Å². The minimum Gasteiger partial charge on any atom is -0.335 e. The molecule has 1 aliphatic heterocycles. The Labute approximate surface area is 174 Å². The number of piperidine rings is 1. The van der Waals surface area contributed by atoms with Crippen molar-refractivity contribution in [1.82, 2.24) is 10.2 Å². The van der Waals surface area contributed by atoms with E-state index in [1.165, 1.54) is 17.0 Å². The molecule has 9 heteroatoms. The molecule has 9 nitrogen and oxygen atoms in total. The second kappa shape index (κ2) is 9.84. The summed E-state index contributed by atoms with van der Waals surface area (Å²) in [6, 6.07) is 15.0. The quantitative estimate of drug-likeness (QED) is 0.561. The monoisotopic (exact) mass is 411 g/mol. The predicted molar refractivity (Wildman–Crippen MR) is 115 cm³/mol. The second-order valence-corrected chi connectivity index (χ2v) is 7.24.